The molecule has 70 heavy (non-hydrogen) atoms. The lowest BCUT2D eigenvalue weighted by Crippen LogP contribution is -2.28. The van der Waals surface area contributed by atoms with E-state index in [2.05, 4.69) is 66.3 Å². The number of phenolic OH excluding ortho intramolecular Hbond substituents is 1. The quantitative estimate of drug-likeness (QED) is 0.00669. The lowest BCUT2D eigenvalue weighted by Gasteiger charge is -2.25. The molecule has 0 aliphatic rings. The smallest absolute Gasteiger partial charge is 0.261 e. The molecule has 4 aromatic carbocycles. The summed E-state index contributed by atoms with van der Waals surface area (Å²) in [7, 11) is -3.67. The van der Waals surface area contributed by atoms with Crippen LogP contribution in [0.2, 0.25) is 0 Å². The lowest BCUT2D eigenvalue weighted by atomic mass is 10.1. The number of nitrogens with zero attached hydrogens (tertiary/aromatic N) is 12. The number of azo groups is 3. The van der Waals surface area contributed by atoms with Crippen molar-refractivity contribution in [1.82, 2.24) is 19.6 Å². The molecule has 3 heterocycles. The Morgan fingerprint density at radius 2 is 1.61 bits per heavy atom. The first-order valence-corrected chi connectivity index (χ1v) is 25.3. The van der Waals surface area contributed by atoms with E-state index in [0.717, 1.165) is 12.0 Å². The van der Waals surface area contributed by atoms with Crippen LogP contribution in [0.1, 0.15) is 23.1 Å². The van der Waals surface area contributed by atoms with Crippen LogP contribution in [0.25, 0.3) is 27.5 Å². The minimum absolute atomic E-state index is 0.0476. The number of hydrogen-bond acceptors (Lipinski definition) is 27. The van der Waals surface area contributed by atoms with Gasteiger partial charge in [-0.3, -0.25) is 8.95 Å². The minimum atomic E-state index is -3.67. The Morgan fingerprint density at radius 1 is 0.871 bits per heavy atom. The summed E-state index contributed by atoms with van der Waals surface area (Å²) < 4.78 is 37.1. The summed E-state index contributed by atoms with van der Waals surface area (Å²) in [5.74, 6) is 0.557. The van der Waals surface area contributed by atoms with E-state index in [1.807, 2.05) is 0 Å². The first-order chi connectivity index (χ1) is 33.7. The van der Waals surface area contributed by atoms with Crippen LogP contribution in [0.4, 0.5) is 39.3 Å². The molecular formula is C40H40N12O13S5. The van der Waals surface area contributed by atoms with E-state index in [0.29, 0.717) is 108 Å². The molecule has 0 spiro atoms. The number of pyridine rings is 1. The number of rotatable bonds is 21. The normalized spacial score (nSPS) is 12.0. The molecular weight excluding hydrogens is 1020 g/mol. The molecule has 7 rings (SSSR count). The fraction of sp³-hybridized carbons (Fsp3) is 0.250. The number of benzene rings is 4. The van der Waals surface area contributed by atoms with E-state index in [4.69, 9.17) is 19.4 Å². The highest BCUT2D eigenvalue weighted by Crippen LogP contribution is 2.46. The molecule has 0 bridgehead atoms. The monoisotopic (exact) mass is 1060 g/mol. The van der Waals surface area contributed by atoms with Crippen LogP contribution in [-0.2, 0) is 28.9 Å². The Bertz CT molecular complexity index is 3220. The molecule has 368 valence electrons. The van der Waals surface area contributed by atoms with Crippen LogP contribution < -0.4 is 4.90 Å². The average Bonchev–Trinajstić information content (AvgIpc) is 3.96. The molecule has 0 aliphatic carbocycles. The van der Waals surface area contributed by atoms with Crippen molar-refractivity contribution >= 4 is 124 Å². The van der Waals surface area contributed by atoms with Crippen LogP contribution in [-0.4, -0.2) is 108 Å². The van der Waals surface area contributed by atoms with Crippen LogP contribution in [0.3, 0.4) is 0 Å². The number of hydrogen-bond donors (Lipinski definition) is 7. The molecule has 0 saturated carbocycles. The summed E-state index contributed by atoms with van der Waals surface area (Å²) in [5, 5.41) is 113. The summed E-state index contributed by atoms with van der Waals surface area (Å²) in [4.78, 5) is 6.51. The molecule has 7 N–H and O–H groups in total. The molecule has 0 fully saturated rings. The Kier molecular flexibility index (Phi) is 19.2. The van der Waals surface area contributed by atoms with Gasteiger partial charge >= 0.3 is 0 Å². The van der Waals surface area contributed by atoms with Crippen molar-refractivity contribution in [1.29, 1.82) is 5.26 Å². The second-order valence-electron chi connectivity index (χ2n) is 14.2. The number of aryl methyl sites for hydroxylation is 1. The number of aliphatic hydroxyl groups excluding tert-OH is 2. The van der Waals surface area contributed by atoms with Gasteiger partial charge in [-0.25, -0.2) is 15.5 Å². The maximum atomic E-state index is 11.7. The highest BCUT2D eigenvalue weighted by molar-refractivity contribution is 8.02. The zero-order chi connectivity index (χ0) is 50.4. The lowest BCUT2D eigenvalue weighted by molar-refractivity contribution is -0.432. The van der Waals surface area contributed by atoms with Crippen molar-refractivity contribution in [3.05, 3.63) is 77.4 Å². The van der Waals surface area contributed by atoms with Gasteiger partial charge in [0.15, 0.2) is 21.4 Å². The number of nitriles is 1. The number of para-hydroxylation sites is 2. The third-order valence-corrected chi connectivity index (χ3v) is 12.8. The summed E-state index contributed by atoms with van der Waals surface area (Å²) >= 11 is 4.11. The van der Waals surface area contributed by atoms with E-state index in [1.165, 1.54) is 27.5 Å². The molecule has 30 heteroatoms. The van der Waals surface area contributed by atoms with Gasteiger partial charge in [0, 0.05) is 54.2 Å². The van der Waals surface area contributed by atoms with Crippen molar-refractivity contribution in [3.8, 4) is 17.7 Å². The SMILES string of the molecule is CS(=O)(=O)O.Cc1cc(N=Nc2c(SOOO)cc3cc(N=Nc4c(C)c(C#N)c5nc6ccccc6n5c4O)ccc3c2O)c(N(CCO)CCCO)cc1N=Nc1nnc(SCCSOOO)s1. The zero-order valence-corrected chi connectivity index (χ0v) is 40.8. The molecule has 0 unspecified atom stereocenters. The van der Waals surface area contributed by atoms with Crippen molar-refractivity contribution in [3.63, 3.8) is 0 Å². The largest absolute Gasteiger partial charge is 0.505 e. The second kappa shape index (κ2) is 25.2. The molecule has 25 nitrogen and oxygen atoms in total. The predicted octanol–water partition coefficient (Wildman–Crippen LogP) is 9.91. The molecule has 7 aromatic rings. The fourth-order valence-corrected chi connectivity index (χ4v) is 9.10. The zero-order valence-electron chi connectivity index (χ0n) is 36.7. The first-order valence-electron chi connectivity index (χ1n) is 20.0. The highest BCUT2D eigenvalue weighted by atomic mass is 32.2. The number of anilines is 1. The van der Waals surface area contributed by atoms with Gasteiger partial charge < -0.3 is 25.3 Å². The van der Waals surface area contributed by atoms with Crippen LogP contribution in [0, 0.1) is 25.2 Å². The Morgan fingerprint density at radius 3 is 2.34 bits per heavy atom. The van der Waals surface area contributed by atoms with Crippen molar-refractivity contribution in [2.45, 2.75) is 29.5 Å². The van der Waals surface area contributed by atoms with Gasteiger partial charge in [-0.05, 0) is 79.7 Å². The molecule has 3 aromatic heterocycles. The van der Waals surface area contributed by atoms with Gasteiger partial charge in [0.1, 0.15) is 23.0 Å². The van der Waals surface area contributed by atoms with E-state index in [-0.39, 0.29) is 58.9 Å². The molecule has 0 atom stereocenters. The summed E-state index contributed by atoms with van der Waals surface area (Å²) in [6, 6.07) is 19.1. The van der Waals surface area contributed by atoms with Crippen molar-refractivity contribution in [2.75, 3.05) is 49.0 Å². The van der Waals surface area contributed by atoms with Crippen LogP contribution >= 0.6 is 47.2 Å². The van der Waals surface area contributed by atoms with Gasteiger partial charge in [-0.15, -0.1) is 44.4 Å². The minimum Gasteiger partial charge on any atom is -0.505 e. The third-order valence-electron chi connectivity index (χ3n) is 9.46. The van der Waals surface area contributed by atoms with Gasteiger partial charge in [0.05, 0.1) is 57.9 Å². The summed E-state index contributed by atoms with van der Waals surface area (Å²) in [6.45, 7) is 3.61. The number of thioether (sulfide) groups is 1. The fourth-order valence-electron chi connectivity index (χ4n) is 6.51. The predicted molar refractivity (Wildman–Crippen MR) is 260 cm³/mol. The van der Waals surface area contributed by atoms with Crippen molar-refractivity contribution in [2.24, 2.45) is 30.7 Å². The van der Waals surface area contributed by atoms with Crippen molar-refractivity contribution < 1.29 is 62.7 Å². The number of aliphatic hydroxyl groups is 2. The van der Waals surface area contributed by atoms with E-state index in [9.17, 15) is 34.1 Å². The average molecular weight is 1060 g/mol. The first kappa shape index (κ1) is 53.3. The highest BCUT2D eigenvalue weighted by Gasteiger charge is 2.22. The molecule has 0 aliphatic heterocycles. The third kappa shape index (κ3) is 13.6. The van der Waals surface area contributed by atoms with E-state index in [1.54, 1.807) is 79.4 Å². The van der Waals surface area contributed by atoms with E-state index < -0.39 is 10.1 Å². The molecule has 0 saturated heterocycles. The molecule has 0 amide bonds. The number of imidazole rings is 1. The van der Waals surface area contributed by atoms with Gasteiger partial charge in [-0.1, -0.05) is 45.3 Å². The van der Waals surface area contributed by atoms with Crippen LogP contribution in [0.5, 0.6) is 11.6 Å². The van der Waals surface area contributed by atoms with Crippen LogP contribution in [0.15, 0.2) is 101 Å². The number of aromatic hydroxyl groups is 2. The summed E-state index contributed by atoms with van der Waals surface area (Å²) in [5.41, 5.74) is 4.30. The number of aromatic nitrogens is 4. The second-order valence-corrected chi connectivity index (χ2v) is 19.4. The Hall–Kier alpha value is -6.02. The maximum Gasteiger partial charge on any atom is 0.261 e. The van der Waals surface area contributed by atoms with Gasteiger partial charge in [0.2, 0.25) is 5.88 Å². The topological polar surface area (TPSA) is 357 Å². The number of phenols is 1. The standard InChI is InChI=1S/C39H36N12O10S4.CH4O3S/c1-21-16-29(31(50(11-13-53)10-5-12-52)19-28(21)43-47-38-48-49-39(64-38)62-14-15-63-60-58-56)44-46-34-32(65-61-59-57)18-23-17-24(8-9-25(23)35(34)54)42-45-33-22(2)26(20-40)36-41-27-6-3-4-7-30(27)51(36)37(33)55;1-5(2,3)4/h3-4,6-9,16-19,52-57H,5,10-15H2,1-2H3;1H3,(H,2,3,4). The number of fused-ring (bicyclic) bond motifs is 4. The van der Waals surface area contributed by atoms with Gasteiger partial charge in [0.25, 0.3) is 15.2 Å². The Labute approximate surface area is 413 Å². The maximum absolute atomic E-state index is 11.7. The van der Waals surface area contributed by atoms with Gasteiger partial charge in [-0.2, -0.15) is 18.8 Å². The summed E-state index contributed by atoms with van der Waals surface area (Å²) in [6.07, 6.45) is 1.09. The van der Waals surface area contributed by atoms with E-state index >= 15 is 0 Å². The molecule has 0 radical (unpaired) electrons. The Balaban J connectivity index is 0.00000153.